The lowest BCUT2D eigenvalue weighted by atomic mass is 9.87. The SMILES string of the molecule is CC(/C=C(\C)Nc1ccc(C(C)(C)C)cc1)=Nc1ccc(C(C)(C)C)cc1. The summed E-state index contributed by atoms with van der Waals surface area (Å²) < 4.78 is 0. The summed E-state index contributed by atoms with van der Waals surface area (Å²) in [5.74, 6) is 0. The van der Waals surface area contributed by atoms with Gasteiger partial charge in [-0.05, 0) is 66.1 Å². The lowest BCUT2D eigenvalue weighted by Crippen LogP contribution is -2.10. The minimum absolute atomic E-state index is 0.167. The Labute approximate surface area is 165 Å². The summed E-state index contributed by atoms with van der Waals surface area (Å²) in [7, 11) is 0. The van der Waals surface area contributed by atoms with Crippen LogP contribution >= 0.6 is 0 Å². The van der Waals surface area contributed by atoms with E-state index in [2.05, 4.69) is 108 Å². The maximum Gasteiger partial charge on any atom is 0.0633 e. The third-order valence-corrected chi connectivity index (χ3v) is 4.56. The quantitative estimate of drug-likeness (QED) is 0.563. The van der Waals surface area contributed by atoms with Crippen LogP contribution in [0.1, 0.15) is 66.5 Å². The van der Waals surface area contributed by atoms with E-state index in [9.17, 15) is 0 Å². The highest BCUT2D eigenvalue weighted by Crippen LogP contribution is 2.25. The molecule has 0 radical (unpaired) electrons. The predicted molar refractivity (Wildman–Crippen MR) is 120 cm³/mol. The molecule has 0 spiro atoms. The Hall–Kier alpha value is -2.35. The van der Waals surface area contributed by atoms with E-state index in [-0.39, 0.29) is 10.8 Å². The molecule has 27 heavy (non-hydrogen) atoms. The van der Waals surface area contributed by atoms with Crippen molar-refractivity contribution in [2.75, 3.05) is 5.32 Å². The molecule has 0 bridgehead atoms. The first-order valence-electron chi connectivity index (χ1n) is 9.67. The lowest BCUT2D eigenvalue weighted by molar-refractivity contribution is 0.590. The van der Waals surface area contributed by atoms with Gasteiger partial charge in [-0.1, -0.05) is 65.8 Å². The second-order valence-corrected chi connectivity index (χ2v) is 9.33. The maximum absolute atomic E-state index is 4.71. The molecule has 0 heterocycles. The first kappa shape index (κ1) is 21.0. The van der Waals surface area contributed by atoms with Crippen LogP contribution in [0.4, 0.5) is 11.4 Å². The van der Waals surface area contributed by atoms with Crippen molar-refractivity contribution in [3.63, 3.8) is 0 Å². The zero-order chi connectivity index (χ0) is 20.2. The third-order valence-electron chi connectivity index (χ3n) is 4.56. The van der Waals surface area contributed by atoms with Gasteiger partial charge in [0.05, 0.1) is 5.69 Å². The normalized spacial score (nSPS) is 13.6. The highest BCUT2D eigenvalue weighted by atomic mass is 14.9. The topological polar surface area (TPSA) is 24.4 Å². The predicted octanol–water partition coefficient (Wildman–Crippen LogP) is 7.39. The second kappa shape index (κ2) is 8.12. The van der Waals surface area contributed by atoms with Crippen molar-refractivity contribution in [2.45, 2.75) is 66.2 Å². The average Bonchev–Trinajstić information content (AvgIpc) is 2.53. The molecule has 2 aromatic carbocycles. The van der Waals surface area contributed by atoms with Gasteiger partial charge in [0, 0.05) is 17.1 Å². The summed E-state index contributed by atoms with van der Waals surface area (Å²) >= 11 is 0. The number of nitrogens with zero attached hydrogens (tertiary/aromatic N) is 1. The van der Waals surface area contributed by atoms with Gasteiger partial charge in [-0.15, -0.1) is 0 Å². The molecule has 0 unspecified atom stereocenters. The molecular formula is C25H34N2. The van der Waals surface area contributed by atoms with Gasteiger partial charge in [0.1, 0.15) is 0 Å². The fraction of sp³-hybridized carbons (Fsp3) is 0.400. The van der Waals surface area contributed by atoms with Crippen LogP contribution in [0, 0.1) is 0 Å². The van der Waals surface area contributed by atoms with Crippen LogP contribution in [0.15, 0.2) is 65.3 Å². The van der Waals surface area contributed by atoms with Crippen molar-refractivity contribution >= 4 is 17.1 Å². The molecule has 0 aliphatic rings. The van der Waals surface area contributed by atoms with Crippen molar-refractivity contribution in [2.24, 2.45) is 4.99 Å². The van der Waals surface area contributed by atoms with E-state index < -0.39 is 0 Å². The number of nitrogens with one attached hydrogen (secondary N) is 1. The van der Waals surface area contributed by atoms with E-state index >= 15 is 0 Å². The number of allylic oxidation sites excluding steroid dienone is 2. The monoisotopic (exact) mass is 362 g/mol. The van der Waals surface area contributed by atoms with E-state index in [0.717, 1.165) is 22.8 Å². The molecule has 0 atom stereocenters. The molecule has 0 saturated carbocycles. The minimum atomic E-state index is 0.167. The van der Waals surface area contributed by atoms with Crippen LogP contribution < -0.4 is 5.32 Å². The summed E-state index contributed by atoms with van der Waals surface area (Å²) in [6, 6.07) is 17.2. The molecule has 0 saturated heterocycles. The van der Waals surface area contributed by atoms with Crippen LogP contribution in [-0.2, 0) is 10.8 Å². The van der Waals surface area contributed by atoms with Crippen molar-refractivity contribution in [1.29, 1.82) is 0 Å². The van der Waals surface area contributed by atoms with Gasteiger partial charge in [-0.3, -0.25) is 4.99 Å². The van der Waals surface area contributed by atoms with Gasteiger partial charge in [-0.2, -0.15) is 0 Å². The summed E-state index contributed by atoms with van der Waals surface area (Å²) in [5, 5.41) is 3.45. The van der Waals surface area contributed by atoms with Crippen LogP contribution in [0.5, 0.6) is 0 Å². The Morgan fingerprint density at radius 2 is 1.19 bits per heavy atom. The summed E-state index contributed by atoms with van der Waals surface area (Å²) in [6.45, 7) is 17.5. The molecule has 144 valence electrons. The number of hydrogen-bond acceptors (Lipinski definition) is 2. The van der Waals surface area contributed by atoms with Crippen LogP contribution in [0.25, 0.3) is 0 Å². The maximum atomic E-state index is 4.71. The minimum Gasteiger partial charge on any atom is -0.359 e. The van der Waals surface area contributed by atoms with Crippen LogP contribution in [0.3, 0.4) is 0 Å². The first-order chi connectivity index (χ1) is 12.4. The molecule has 2 rings (SSSR count). The highest BCUT2D eigenvalue weighted by Gasteiger charge is 2.13. The molecule has 0 aliphatic heterocycles. The molecule has 2 nitrogen and oxygen atoms in total. The van der Waals surface area contributed by atoms with E-state index in [1.807, 2.05) is 6.92 Å². The Morgan fingerprint density at radius 1 is 0.741 bits per heavy atom. The Bertz CT molecular complexity index is 809. The number of benzene rings is 2. The lowest BCUT2D eigenvalue weighted by Gasteiger charge is -2.19. The summed E-state index contributed by atoms with van der Waals surface area (Å²) in [4.78, 5) is 4.71. The van der Waals surface area contributed by atoms with E-state index in [0.29, 0.717) is 0 Å². The Kier molecular flexibility index (Phi) is 6.30. The summed E-state index contributed by atoms with van der Waals surface area (Å²) in [5.41, 5.74) is 7.14. The van der Waals surface area contributed by atoms with Gasteiger partial charge in [0.25, 0.3) is 0 Å². The fourth-order valence-electron chi connectivity index (χ4n) is 2.90. The Morgan fingerprint density at radius 3 is 1.63 bits per heavy atom. The molecule has 0 aromatic heterocycles. The van der Waals surface area contributed by atoms with Gasteiger partial charge in [-0.25, -0.2) is 0 Å². The Balaban J connectivity index is 2.07. The molecule has 0 aliphatic carbocycles. The third kappa shape index (κ3) is 6.39. The van der Waals surface area contributed by atoms with Crippen LogP contribution in [-0.4, -0.2) is 5.71 Å². The molecule has 1 N–H and O–H groups in total. The van der Waals surface area contributed by atoms with Gasteiger partial charge in [0.2, 0.25) is 0 Å². The molecule has 2 aromatic rings. The number of rotatable bonds is 4. The van der Waals surface area contributed by atoms with Crippen molar-refractivity contribution in [1.82, 2.24) is 0 Å². The summed E-state index contributed by atoms with van der Waals surface area (Å²) in [6.07, 6.45) is 2.08. The molecule has 2 heteroatoms. The van der Waals surface area contributed by atoms with E-state index in [4.69, 9.17) is 4.99 Å². The van der Waals surface area contributed by atoms with Gasteiger partial charge in [0.15, 0.2) is 0 Å². The number of hydrogen-bond donors (Lipinski definition) is 1. The fourth-order valence-corrected chi connectivity index (χ4v) is 2.90. The number of aliphatic imine (C=N–C) groups is 1. The van der Waals surface area contributed by atoms with Crippen LogP contribution in [0.2, 0.25) is 0 Å². The first-order valence-corrected chi connectivity index (χ1v) is 9.67. The van der Waals surface area contributed by atoms with Crippen molar-refractivity contribution in [3.8, 4) is 0 Å². The van der Waals surface area contributed by atoms with Crippen molar-refractivity contribution in [3.05, 3.63) is 71.4 Å². The largest absolute Gasteiger partial charge is 0.359 e. The highest BCUT2D eigenvalue weighted by molar-refractivity contribution is 5.95. The smallest absolute Gasteiger partial charge is 0.0633 e. The van der Waals surface area contributed by atoms with Gasteiger partial charge >= 0.3 is 0 Å². The number of anilines is 1. The molecule has 0 fully saturated rings. The zero-order valence-electron chi connectivity index (χ0n) is 18.1. The van der Waals surface area contributed by atoms with Gasteiger partial charge < -0.3 is 5.32 Å². The second-order valence-electron chi connectivity index (χ2n) is 9.33. The van der Waals surface area contributed by atoms with Crippen molar-refractivity contribution < 1.29 is 0 Å². The standard InChI is InChI=1S/C25H34N2/c1-18(26-22-13-9-20(10-14-22)24(3,4)5)17-19(2)27-23-15-11-21(12-16-23)25(6,7)8/h9-17,26H,1-8H3/b18-17+,27-19?. The molecule has 0 amide bonds. The van der Waals surface area contributed by atoms with E-state index in [1.165, 1.54) is 11.1 Å². The molecular weight excluding hydrogens is 328 g/mol. The van der Waals surface area contributed by atoms with E-state index in [1.54, 1.807) is 0 Å². The zero-order valence-corrected chi connectivity index (χ0v) is 18.1. The average molecular weight is 363 g/mol.